The van der Waals surface area contributed by atoms with E-state index in [1.54, 1.807) is 7.05 Å². The summed E-state index contributed by atoms with van der Waals surface area (Å²) < 4.78 is 2.20. The monoisotopic (exact) mass is 288 g/mol. The first-order chi connectivity index (χ1) is 10.3. The van der Waals surface area contributed by atoms with Crippen molar-refractivity contribution in [2.24, 2.45) is 7.05 Å². The highest BCUT2D eigenvalue weighted by molar-refractivity contribution is 5.29. The standard InChI is InChI=1S/C15H24N6/c1-3-8-16-14-7-5-4-6-12-9-21(10-13(12)14)11-15-17-19-20(2)18-15/h9-10,14,16H,3-8,11H2,1-2H3. The maximum absolute atomic E-state index is 4.26. The Hall–Kier alpha value is -1.69. The summed E-state index contributed by atoms with van der Waals surface area (Å²) in [6, 6.07) is 0.499. The molecule has 0 saturated carbocycles. The van der Waals surface area contributed by atoms with Crippen LogP contribution < -0.4 is 5.32 Å². The van der Waals surface area contributed by atoms with Gasteiger partial charge in [-0.05, 0) is 48.6 Å². The predicted molar refractivity (Wildman–Crippen MR) is 80.9 cm³/mol. The molecule has 3 rings (SSSR count). The van der Waals surface area contributed by atoms with Crippen molar-refractivity contribution < 1.29 is 0 Å². The molecule has 0 radical (unpaired) electrons. The van der Waals surface area contributed by atoms with E-state index in [4.69, 9.17) is 0 Å². The Balaban J connectivity index is 1.79. The van der Waals surface area contributed by atoms with Crippen molar-refractivity contribution >= 4 is 0 Å². The van der Waals surface area contributed by atoms with Crippen LogP contribution >= 0.6 is 0 Å². The van der Waals surface area contributed by atoms with Gasteiger partial charge in [-0.3, -0.25) is 0 Å². The molecule has 1 atom stereocenters. The number of fused-ring (bicyclic) bond motifs is 1. The van der Waals surface area contributed by atoms with Crippen molar-refractivity contribution in [3.63, 3.8) is 0 Å². The van der Waals surface area contributed by atoms with Crippen LogP contribution in [0, 0.1) is 0 Å². The number of tetrazole rings is 1. The minimum absolute atomic E-state index is 0.499. The van der Waals surface area contributed by atoms with Crippen molar-refractivity contribution in [3.05, 3.63) is 29.3 Å². The molecule has 0 bridgehead atoms. The van der Waals surface area contributed by atoms with Gasteiger partial charge in [0.15, 0.2) is 5.82 Å². The van der Waals surface area contributed by atoms with E-state index in [1.807, 2.05) is 0 Å². The maximum atomic E-state index is 4.26. The van der Waals surface area contributed by atoms with E-state index < -0.39 is 0 Å². The van der Waals surface area contributed by atoms with Crippen LogP contribution in [0.15, 0.2) is 12.4 Å². The molecule has 114 valence electrons. The molecule has 2 aromatic rings. The molecule has 0 saturated heterocycles. The number of aromatic nitrogens is 5. The minimum atomic E-state index is 0.499. The lowest BCUT2D eigenvalue weighted by atomic mass is 10.0. The molecule has 2 aromatic heterocycles. The van der Waals surface area contributed by atoms with E-state index in [2.05, 4.69) is 44.6 Å². The number of hydrogen-bond donors (Lipinski definition) is 1. The summed E-state index contributed by atoms with van der Waals surface area (Å²) in [4.78, 5) is 1.51. The van der Waals surface area contributed by atoms with Crippen molar-refractivity contribution in [1.82, 2.24) is 30.1 Å². The molecule has 0 spiro atoms. The molecule has 0 amide bonds. The Morgan fingerprint density at radius 2 is 2.24 bits per heavy atom. The van der Waals surface area contributed by atoms with E-state index in [0.29, 0.717) is 12.6 Å². The third-order valence-electron chi connectivity index (χ3n) is 4.08. The molecule has 0 aromatic carbocycles. The highest BCUT2D eigenvalue weighted by Crippen LogP contribution is 2.29. The SMILES string of the molecule is CCCNC1CCCCc2cn(Cc3nnn(C)n3)cc21. The molecule has 0 fully saturated rings. The van der Waals surface area contributed by atoms with Crippen LogP contribution in [-0.4, -0.2) is 31.3 Å². The summed E-state index contributed by atoms with van der Waals surface area (Å²) in [6.45, 7) is 4.00. The Labute approximate surface area is 125 Å². The largest absolute Gasteiger partial charge is 0.346 e. The number of nitrogens with one attached hydrogen (secondary N) is 1. The highest BCUT2D eigenvalue weighted by Gasteiger charge is 2.20. The number of aryl methyl sites for hydroxylation is 2. The smallest absolute Gasteiger partial charge is 0.194 e. The van der Waals surface area contributed by atoms with Gasteiger partial charge in [-0.1, -0.05) is 13.3 Å². The quantitative estimate of drug-likeness (QED) is 0.853. The number of nitrogens with zero attached hydrogens (tertiary/aromatic N) is 5. The van der Waals surface area contributed by atoms with Gasteiger partial charge in [0, 0.05) is 18.4 Å². The van der Waals surface area contributed by atoms with Crippen molar-refractivity contribution in [2.45, 2.75) is 51.6 Å². The second-order valence-electron chi connectivity index (χ2n) is 5.86. The van der Waals surface area contributed by atoms with Crippen molar-refractivity contribution in [3.8, 4) is 0 Å². The minimum Gasteiger partial charge on any atom is -0.346 e. The summed E-state index contributed by atoms with van der Waals surface area (Å²) >= 11 is 0. The highest BCUT2D eigenvalue weighted by atomic mass is 15.6. The third kappa shape index (κ3) is 3.32. The lowest BCUT2D eigenvalue weighted by Gasteiger charge is -2.16. The Bertz CT molecular complexity index is 585. The lowest BCUT2D eigenvalue weighted by molar-refractivity contribution is 0.488. The summed E-state index contributed by atoms with van der Waals surface area (Å²) in [5, 5.41) is 15.9. The van der Waals surface area contributed by atoms with Gasteiger partial charge in [0.1, 0.15) is 0 Å². The van der Waals surface area contributed by atoms with Crippen LogP contribution in [0.2, 0.25) is 0 Å². The van der Waals surface area contributed by atoms with Gasteiger partial charge in [-0.15, -0.1) is 10.2 Å². The molecular weight excluding hydrogens is 264 g/mol. The lowest BCUT2D eigenvalue weighted by Crippen LogP contribution is -2.21. The molecule has 1 aliphatic carbocycles. The number of rotatable bonds is 5. The summed E-state index contributed by atoms with van der Waals surface area (Å²) in [5.74, 6) is 0.765. The fourth-order valence-corrected chi connectivity index (χ4v) is 3.09. The van der Waals surface area contributed by atoms with E-state index in [0.717, 1.165) is 12.4 Å². The van der Waals surface area contributed by atoms with Gasteiger partial charge >= 0.3 is 0 Å². The van der Waals surface area contributed by atoms with Gasteiger partial charge in [-0.2, -0.15) is 4.80 Å². The molecule has 1 N–H and O–H groups in total. The molecule has 6 heteroatoms. The van der Waals surface area contributed by atoms with E-state index in [9.17, 15) is 0 Å². The van der Waals surface area contributed by atoms with Gasteiger partial charge in [-0.25, -0.2) is 0 Å². The zero-order chi connectivity index (χ0) is 14.7. The van der Waals surface area contributed by atoms with E-state index in [-0.39, 0.29) is 0 Å². The molecule has 1 unspecified atom stereocenters. The molecule has 0 aliphatic heterocycles. The van der Waals surface area contributed by atoms with Crippen LogP contribution in [-0.2, 0) is 20.0 Å². The molecule has 21 heavy (non-hydrogen) atoms. The van der Waals surface area contributed by atoms with Gasteiger partial charge in [0.05, 0.1) is 13.6 Å². The van der Waals surface area contributed by atoms with Crippen molar-refractivity contribution in [1.29, 1.82) is 0 Å². The fourth-order valence-electron chi connectivity index (χ4n) is 3.09. The van der Waals surface area contributed by atoms with Gasteiger partial charge in [0.2, 0.25) is 0 Å². The first-order valence-corrected chi connectivity index (χ1v) is 7.91. The van der Waals surface area contributed by atoms with Gasteiger partial charge in [0.25, 0.3) is 0 Å². The van der Waals surface area contributed by atoms with Gasteiger partial charge < -0.3 is 9.88 Å². The van der Waals surface area contributed by atoms with Crippen molar-refractivity contribution in [2.75, 3.05) is 6.54 Å². The first-order valence-electron chi connectivity index (χ1n) is 7.91. The fraction of sp³-hybridized carbons (Fsp3) is 0.667. The van der Waals surface area contributed by atoms with Crippen LogP contribution in [0.4, 0.5) is 0 Å². The average molecular weight is 288 g/mol. The Kier molecular flexibility index (Phi) is 4.34. The Morgan fingerprint density at radius 3 is 3.00 bits per heavy atom. The maximum Gasteiger partial charge on any atom is 0.194 e. The average Bonchev–Trinajstić information content (AvgIpc) is 3.00. The number of hydrogen-bond acceptors (Lipinski definition) is 4. The van der Waals surface area contributed by atoms with Crippen LogP contribution in [0.25, 0.3) is 0 Å². The van der Waals surface area contributed by atoms with E-state index in [1.165, 1.54) is 48.0 Å². The topological polar surface area (TPSA) is 60.6 Å². The second kappa shape index (κ2) is 6.39. The third-order valence-corrected chi connectivity index (χ3v) is 4.08. The zero-order valence-electron chi connectivity index (χ0n) is 12.9. The summed E-state index contributed by atoms with van der Waals surface area (Å²) in [5.41, 5.74) is 2.94. The zero-order valence-corrected chi connectivity index (χ0v) is 12.9. The van der Waals surface area contributed by atoms with Crippen LogP contribution in [0.1, 0.15) is 55.6 Å². The summed E-state index contributed by atoms with van der Waals surface area (Å²) in [7, 11) is 1.80. The van der Waals surface area contributed by atoms with Crippen LogP contribution in [0.3, 0.4) is 0 Å². The second-order valence-corrected chi connectivity index (χ2v) is 5.86. The normalized spacial score (nSPS) is 18.5. The predicted octanol–water partition coefficient (Wildman–Crippen LogP) is 1.83. The van der Waals surface area contributed by atoms with Crippen LogP contribution in [0.5, 0.6) is 0 Å². The molecule has 1 aliphatic rings. The molecular formula is C15H24N6. The summed E-state index contributed by atoms with van der Waals surface area (Å²) in [6.07, 6.45) is 10.7. The molecule has 2 heterocycles. The van der Waals surface area contributed by atoms with E-state index >= 15 is 0 Å². The Morgan fingerprint density at radius 1 is 1.33 bits per heavy atom. The first kappa shape index (κ1) is 14.3. The molecule has 6 nitrogen and oxygen atoms in total.